The van der Waals surface area contributed by atoms with Crippen molar-refractivity contribution in [1.29, 1.82) is 0 Å². The van der Waals surface area contributed by atoms with Crippen molar-refractivity contribution in [2.75, 3.05) is 18.4 Å². The van der Waals surface area contributed by atoms with Gasteiger partial charge in [0.2, 0.25) is 11.8 Å². The zero-order chi connectivity index (χ0) is 25.2. The smallest absolute Gasteiger partial charge is 0.264 e. The van der Waals surface area contributed by atoms with Crippen LogP contribution in [0.15, 0.2) is 42.5 Å². The van der Waals surface area contributed by atoms with Crippen molar-refractivity contribution >= 4 is 41.7 Å². The van der Waals surface area contributed by atoms with Gasteiger partial charge in [-0.25, -0.2) is 0 Å². The zero-order valence-corrected chi connectivity index (χ0v) is 21.8. The number of piperidine rings is 2. The maximum atomic E-state index is 13.2. The SMILES string of the molecule is CCC1CCN(Cc2ccc(CNc3cccc4c3C(=O)N(C3CCC(=O)NC3=O)C4=O)cc2)CC1.Cl. The molecule has 0 saturated carbocycles. The molecular weight excluding hydrogens is 492 g/mol. The summed E-state index contributed by atoms with van der Waals surface area (Å²) < 4.78 is 0. The number of rotatable bonds is 7. The summed E-state index contributed by atoms with van der Waals surface area (Å²) in [6, 6.07) is 12.6. The largest absolute Gasteiger partial charge is 0.380 e. The Labute approximate surface area is 223 Å². The van der Waals surface area contributed by atoms with E-state index in [1.807, 2.05) is 0 Å². The van der Waals surface area contributed by atoms with Crippen LogP contribution in [-0.4, -0.2) is 52.6 Å². The molecule has 196 valence electrons. The number of benzene rings is 2. The number of anilines is 1. The van der Waals surface area contributed by atoms with Gasteiger partial charge in [-0.15, -0.1) is 12.4 Å². The summed E-state index contributed by atoms with van der Waals surface area (Å²) in [7, 11) is 0. The number of nitrogens with zero attached hydrogens (tertiary/aromatic N) is 2. The van der Waals surface area contributed by atoms with Crippen LogP contribution >= 0.6 is 12.4 Å². The van der Waals surface area contributed by atoms with Gasteiger partial charge in [-0.3, -0.25) is 34.3 Å². The summed E-state index contributed by atoms with van der Waals surface area (Å²) in [4.78, 5) is 53.6. The predicted molar refractivity (Wildman–Crippen MR) is 142 cm³/mol. The van der Waals surface area contributed by atoms with Gasteiger partial charge >= 0.3 is 0 Å². The highest BCUT2D eigenvalue weighted by Crippen LogP contribution is 2.32. The summed E-state index contributed by atoms with van der Waals surface area (Å²) in [5.74, 6) is -1.13. The van der Waals surface area contributed by atoms with Gasteiger partial charge in [0.25, 0.3) is 11.8 Å². The number of likely N-dealkylation sites (tertiary alicyclic amines) is 1. The van der Waals surface area contributed by atoms with Crippen molar-refractivity contribution < 1.29 is 19.2 Å². The van der Waals surface area contributed by atoms with Crippen LogP contribution in [0.3, 0.4) is 0 Å². The molecule has 0 aliphatic carbocycles. The Morgan fingerprint density at radius 1 is 0.919 bits per heavy atom. The van der Waals surface area contributed by atoms with Gasteiger partial charge in [0.05, 0.1) is 11.1 Å². The van der Waals surface area contributed by atoms with Crippen molar-refractivity contribution in [1.82, 2.24) is 15.1 Å². The topological polar surface area (TPSA) is 98.8 Å². The normalized spacial score (nSPS) is 20.5. The minimum Gasteiger partial charge on any atom is -0.380 e. The average Bonchev–Trinajstić information content (AvgIpc) is 3.14. The van der Waals surface area contributed by atoms with Crippen molar-refractivity contribution in [2.45, 2.75) is 58.2 Å². The number of carbonyl (C=O) groups is 4. The first-order valence-electron chi connectivity index (χ1n) is 12.8. The maximum absolute atomic E-state index is 13.2. The molecule has 2 saturated heterocycles. The molecule has 8 nitrogen and oxygen atoms in total. The first-order valence-corrected chi connectivity index (χ1v) is 12.8. The van der Waals surface area contributed by atoms with Crippen molar-refractivity contribution in [2.24, 2.45) is 5.92 Å². The number of imide groups is 2. The van der Waals surface area contributed by atoms with Crippen molar-refractivity contribution in [3.8, 4) is 0 Å². The molecule has 3 aliphatic heterocycles. The fourth-order valence-electron chi connectivity index (χ4n) is 5.43. The highest BCUT2D eigenvalue weighted by atomic mass is 35.5. The summed E-state index contributed by atoms with van der Waals surface area (Å²) in [6.07, 6.45) is 4.07. The summed E-state index contributed by atoms with van der Waals surface area (Å²) in [6.45, 7) is 6.05. The van der Waals surface area contributed by atoms with Gasteiger partial charge in [0.1, 0.15) is 6.04 Å². The lowest BCUT2D eigenvalue weighted by Crippen LogP contribution is -2.54. The van der Waals surface area contributed by atoms with Gasteiger partial charge in [-0.05, 0) is 61.5 Å². The van der Waals surface area contributed by atoms with Gasteiger partial charge in [-0.2, -0.15) is 0 Å². The second-order valence-corrected chi connectivity index (χ2v) is 9.97. The molecule has 1 atom stereocenters. The number of halogens is 1. The lowest BCUT2D eigenvalue weighted by molar-refractivity contribution is -0.136. The van der Waals surface area contributed by atoms with Crippen LogP contribution in [0.4, 0.5) is 5.69 Å². The molecule has 0 radical (unpaired) electrons. The Hall–Kier alpha value is -3.23. The Kier molecular flexibility index (Phi) is 8.29. The van der Waals surface area contributed by atoms with Crippen LogP contribution in [0.1, 0.15) is 70.9 Å². The van der Waals surface area contributed by atoms with Crippen LogP contribution in [0, 0.1) is 5.92 Å². The molecule has 9 heteroatoms. The Bertz CT molecular complexity index is 1190. The van der Waals surface area contributed by atoms with Crippen molar-refractivity contribution in [3.05, 3.63) is 64.7 Å². The minimum absolute atomic E-state index is 0. The van der Waals surface area contributed by atoms with E-state index in [1.165, 1.54) is 24.8 Å². The third-order valence-electron chi connectivity index (χ3n) is 7.66. The van der Waals surface area contributed by atoms with E-state index in [2.05, 4.69) is 46.7 Å². The second-order valence-electron chi connectivity index (χ2n) is 9.97. The van der Waals surface area contributed by atoms with E-state index in [0.29, 0.717) is 12.2 Å². The molecule has 37 heavy (non-hydrogen) atoms. The zero-order valence-electron chi connectivity index (χ0n) is 21.0. The first kappa shape index (κ1) is 26.8. The first-order chi connectivity index (χ1) is 17.4. The third kappa shape index (κ3) is 5.55. The van der Waals surface area contributed by atoms with E-state index in [0.717, 1.165) is 36.0 Å². The molecule has 5 rings (SSSR count). The molecule has 3 aliphatic rings. The number of amides is 4. The Morgan fingerprint density at radius 2 is 1.62 bits per heavy atom. The number of carbonyl (C=O) groups excluding carboxylic acids is 4. The maximum Gasteiger partial charge on any atom is 0.264 e. The lowest BCUT2D eigenvalue weighted by Gasteiger charge is -2.31. The summed E-state index contributed by atoms with van der Waals surface area (Å²) in [5, 5.41) is 5.53. The van der Waals surface area contributed by atoms with Crippen LogP contribution in [0.5, 0.6) is 0 Å². The highest BCUT2D eigenvalue weighted by molar-refractivity contribution is 6.25. The molecule has 2 fully saturated rings. The van der Waals surface area contributed by atoms with Gasteiger partial charge in [0, 0.05) is 25.2 Å². The molecule has 0 aromatic heterocycles. The molecule has 2 aromatic rings. The molecule has 1 unspecified atom stereocenters. The monoisotopic (exact) mass is 524 g/mol. The highest BCUT2D eigenvalue weighted by Gasteiger charge is 2.45. The van der Waals surface area contributed by atoms with E-state index in [4.69, 9.17) is 0 Å². The van der Waals surface area contributed by atoms with Crippen LogP contribution < -0.4 is 10.6 Å². The average molecular weight is 525 g/mol. The molecule has 0 spiro atoms. The standard InChI is InChI=1S/C28H32N4O4.ClH/c1-2-18-12-14-31(15-13-18)17-20-8-6-19(7-9-20)16-29-22-5-3-4-21-25(22)28(36)32(27(21)35)23-10-11-24(33)30-26(23)34;/h3-9,18,23,29H,2,10-17H2,1H3,(H,30,33,34);1H. The minimum atomic E-state index is -0.969. The van der Waals surface area contributed by atoms with Gasteiger partial charge in [0.15, 0.2) is 0 Å². The van der Waals surface area contributed by atoms with Crippen LogP contribution in [0.2, 0.25) is 0 Å². The number of hydrogen-bond donors (Lipinski definition) is 2. The number of nitrogens with one attached hydrogen (secondary N) is 2. The fourth-order valence-corrected chi connectivity index (χ4v) is 5.43. The van der Waals surface area contributed by atoms with Gasteiger partial charge < -0.3 is 5.32 Å². The van der Waals surface area contributed by atoms with Crippen LogP contribution in [0.25, 0.3) is 0 Å². The number of fused-ring (bicyclic) bond motifs is 1. The third-order valence-corrected chi connectivity index (χ3v) is 7.66. The molecule has 0 bridgehead atoms. The molecule has 4 amide bonds. The second kappa shape index (κ2) is 11.4. The molecule has 2 N–H and O–H groups in total. The van der Waals surface area contributed by atoms with Crippen LogP contribution in [-0.2, 0) is 22.7 Å². The quantitative estimate of drug-likeness (QED) is 0.535. The van der Waals surface area contributed by atoms with E-state index in [-0.39, 0.29) is 42.3 Å². The Balaban J connectivity index is 0.00000320. The van der Waals surface area contributed by atoms with E-state index in [9.17, 15) is 19.2 Å². The fraction of sp³-hybridized carbons (Fsp3) is 0.429. The summed E-state index contributed by atoms with van der Waals surface area (Å²) in [5.41, 5.74) is 3.47. The van der Waals surface area contributed by atoms with E-state index >= 15 is 0 Å². The van der Waals surface area contributed by atoms with E-state index in [1.54, 1.807) is 18.2 Å². The molecule has 2 aromatic carbocycles. The Morgan fingerprint density at radius 3 is 2.30 bits per heavy atom. The number of hydrogen-bond acceptors (Lipinski definition) is 6. The van der Waals surface area contributed by atoms with Gasteiger partial charge in [-0.1, -0.05) is 43.7 Å². The predicted octanol–water partition coefficient (Wildman–Crippen LogP) is 3.74. The lowest BCUT2D eigenvalue weighted by atomic mass is 9.94. The molecule has 3 heterocycles. The molecular formula is C28H33ClN4O4. The van der Waals surface area contributed by atoms with Crippen molar-refractivity contribution in [3.63, 3.8) is 0 Å². The summed E-state index contributed by atoms with van der Waals surface area (Å²) >= 11 is 0. The van der Waals surface area contributed by atoms with E-state index < -0.39 is 23.8 Å².